The fourth-order valence-corrected chi connectivity index (χ4v) is 2.29. The minimum atomic E-state index is 0.850. The highest BCUT2D eigenvalue weighted by molar-refractivity contribution is 5.53. The van der Waals surface area contributed by atoms with E-state index < -0.39 is 0 Å². The maximum Gasteiger partial charge on any atom is 0.0547 e. The van der Waals surface area contributed by atoms with Gasteiger partial charge in [-0.05, 0) is 31.9 Å². The molecule has 2 N–H and O–H groups in total. The Kier molecular flexibility index (Phi) is 5.45. The lowest BCUT2D eigenvalue weighted by Crippen LogP contribution is -2.30. The summed E-state index contributed by atoms with van der Waals surface area (Å²) in [5.41, 5.74) is 2.20. The topological polar surface area (TPSA) is 40.2 Å². The van der Waals surface area contributed by atoms with E-state index in [0.717, 1.165) is 50.0 Å². The highest BCUT2D eigenvalue weighted by atomic mass is 15.2. The molecule has 1 aromatic heterocycles. The maximum absolute atomic E-state index is 4.26. The Bertz CT molecular complexity index is 376. The van der Waals surface area contributed by atoms with E-state index in [9.17, 15) is 0 Å². The van der Waals surface area contributed by atoms with Gasteiger partial charge in [0.1, 0.15) is 0 Å². The van der Waals surface area contributed by atoms with Gasteiger partial charge >= 0.3 is 0 Å². The van der Waals surface area contributed by atoms with Crippen molar-refractivity contribution in [1.29, 1.82) is 0 Å². The highest BCUT2D eigenvalue weighted by Gasteiger charge is 2.26. The second-order valence-electron chi connectivity index (χ2n) is 5.18. The van der Waals surface area contributed by atoms with Crippen molar-refractivity contribution in [2.45, 2.75) is 39.2 Å². The fourth-order valence-electron chi connectivity index (χ4n) is 2.29. The predicted molar refractivity (Wildman–Crippen MR) is 81.8 cm³/mol. The number of hydrogen-bond donors (Lipinski definition) is 2. The van der Waals surface area contributed by atoms with Gasteiger partial charge in [0.2, 0.25) is 0 Å². The molecule has 0 aliphatic heterocycles. The zero-order chi connectivity index (χ0) is 13.5. The molecule has 0 aromatic carbocycles. The Hall–Kier alpha value is -1.29. The van der Waals surface area contributed by atoms with Gasteiger partial charge < -0.3 is 10.6 Å². The Morgan fingerprint density at radius 3 is 2.42 bits per heavy atom. The van der Waals surface area contributed by atoms with Crippen LogP contribution in [0.2, 0.25) is 0 Å². The number of anilines is 2. The summed E-state index contributed by atoms with van der Waals surface area (Å²) in [5.74, 6) is 0. The van der Waals surface area contributed by atoms with Gasteiger partial charge in [-0.2, -0.15) is 0 Å². The first-order valence-corrected chi connectivity index (χ1v) is 7.50. The summed E-state index contributed by atoms with van der Waals surface area (Å²) in [6.07, 6.45) is 7.66. The molecular weight excluding hydrogens is 236 g/mol. The number of nitrogens with zero attached hydrogens (tertiary/aromatic N) is 2. The molecule has 0 amide bonds. The van der Waals surface area contributed by atoms with Crippen molar-refractivity contribution in [2.75, 3.05) is 36.8 Å². The fraction of sp³-hybridized carbons (Fsp3) is 0.667. The van der Waals surface area contributed by atoms with Crippen LogP contribution in [0.15, 0.2) is 18.5 Å². The van der Waals surface area contributed by atoms with Crippen LogP contribution in [0.3, 0.4) is 0 Å². The minimum absolute atomic E-state index is 0.850. The molecule has 0 saturated heterocycles. The summed E-state index contributed by atoms with van der Waals surface area (Å²) >= 11 is 0. The Labute approximate surface area is 116 Å². The second-order valence-corrected chi connectivity index (χ2v) is 5.18. The van der Waals surface area contributed by atoms with E-state index in [1.54, 1.807) is 0 Å². The Morgan fingerprint density at radius 1 is 1.16 bits per heavy atom. The van der Waals surface area contributed by atoms with Crippen molar-refractivity contribution < 1.29 is 0 Å². The zero-order valence-corrected chi connectivity index (χ0v) is 12.2. The molecular formula is C15H26N4. The van der Waals surface area contributed by atoms with Crippen molar-refractivity contribution in [3.63, 3.8) is 0 Å². The van der Waals surface area contributed by atoms with Crippen LogP contribution in [0.4, 0.5) is 11.4 Å². The molecule has 0 atom stereocenters. The zero-order valence-electron chi connectivity index (χ0n) is 12.2. The molecule has 19 heavy (non-hydrogen) atoms. The van der Waals surface area contributed by atoms with Crippen LogP contribution in [0.5, 0.6) is 0 Å². The average Bonchev–Trinajstić information content (AvgIpc) is 3.26. The molecule has 1 aromatic rings. The van der Waals surface area contributed by atoms with Crippen molar-refractivity contribution in [2.24, 2.45) is 0 Å². The normalized spacial score (nSPS) is 14.7. The molecule has 0 spiro atoms. The van der Waals surface area contributed by atoms with Gasteiger partial charge in [-0.15, -0.1) is 0 Å². The average molecular weight is 262 g/mol. The van der Waals surface area contributed by atoms with E-state index in [4.69, 9.17) is 0 Å². The summed E-state index contributed by atoms with van der Waals surface area (Å²) in [6.45, 7) is 8.67. The van der Waals surface area contributed by atoms with Crippen LogP contribution in [0.25, 0.3) is 0 Å². The van der Waals surface area contributed by atoms with Crippen LogP contribution < -0.4 is 10.6 Å². The number of likely N-dealkylation sites (N-methyl/N-ethyl adjacent to an activating group) is 1. The van der Waals surface area contributed by atoms with E-state index in [1.165, 1.54) is 12.8 Å². The van der Waals surface area contributed by atoms with Crippen LogP contribution in [0.1, 0.15) is 33.1 Å². The summed E-state index contributed by atoms with van der Waals surface area (Å²) in [4.78, 5) is 6.82. The summed E-state index contributed by atoms with van der Waals surface area (Å²) in [5, 5.41) is 6.83. The summed E-state index contributed by atoms with van der Waals surface area (Å²) in [7, 11) is 0. The number of aromatic nitrogens is 1. The first-order valence-electron chi connectivity index (χ1n) is 7.50. The molecule has 4 heteroatoms. The van der Waals surface area contributed by atoms with Crippen LogP contribution in [0, 0.1) is 0 Å². The van der Waals surface area contributed by atoms with Crippen LogP contribution >= 0.6 is 0 Å². The molecule has 1 fully saturated rings. The minimum Gasteiger partial charge on any atom is -0.384 e. The standard InChI is InChI=1S/C15H26N4/c1-3-7-17-13-10-14(12-16-11-13)18-8-9-19(4-2)15-5-6-15/h10-12,15,17-18H,3-9H2,1-2H3. The third-order valence-electron chi connectivity index (χ3n) is 3.51. The smallest absolute Gasteiger partial charge is 0.0547 e. The second kappa shape index (κ2) is 7.34. The van der Waals surface area contributed by atoms with Gasteiger partial charge in [0.25, 0.3) is 0 Å². The van der Waals surface area contributed by atoms with Crippen LogP contribution in [-0.2, 0) is 0 Å². The summed E-state index contributed by atoms with van der Waals surface area (Å²) < 4.78 is 0. The number of pyridine rings is 1. The van der Waals surface area contributed by atoms with E-state index in [1.807, 2.05) is 12.4 Å². The molecule has 0 unspecified atom stereocenters. The monoisotopic (exact) mass is 262 g/mol. The SMILES string of the molecule is CCCNc1cncc(NCCN(CC)C2CC2)c1. The van der Waals surface area contributed by atoms with Crippen molar-refractivity contribution >= 4 is 11.4 Å². The first-order chi connectivity index (χ1) is 9.33. The Balaban J connectivity index is 1.75. The van der Waals surface area contributed by atoms with Crippen molar-refractivity contribution in [3.8, 4) is 0 Å². The number of hydrogen-bond acceptors (Lipinski definition) is 4. The molecule has 0 radical (unpaired) electrons. The maximum atomic E-state index is 4.26. The van der Waals surface area contributed by atoms with E-state index >= 15 is 0 Å². The van der Waals surface area contributed by atoms with Gasteiger partial charge in [0.05, 0.1) is 23.8 Å². The van der Waals surface area contributed by atoms with Gasteiger partial charge in [0.15, 0.2) is 0 Å². The Morgan fingerprint density at radius 2 is 1.84 bits per heavy atom. The molecule has 1 saturated carbocycles. The molecule has 1 heterocycles. The highest BCUT2D eigenvalue weighted by Crippen LogP contribution is 2.26. The van der Waals surface area contributed by atoms with Crippen molar-refractivity contribution in [1.82, 2.24) is 9.88 Å². The van der Waals surface area contributed by atoms with E-state index in [0.29, 0.717) is 0 Å². The van der Waals surface area contributed by atoms with Gasteiger partial charge in [0, 0.05) is 25.7 Å². The first kappa shape index (κ1) is 14.1. The van der Waals surface area contributed by atoms with E-state index in [-0.39, 0.29) is 0 Å². The van der Waals surface area contributed by atoms with Gasteiger partial charge in [-0.1, -0.05) is 13.8 Å². The lowest BCUT2D eigenvalue weighted by Gasteiger charge is -2.20. The molecule has 1 aliphatic rings. The largest absolute Gasteiger partial charge is 0.384 e. The van der Waals surface area contributed by atoms with Crippen molar-refractivity contribution in [3.05, 3.63) is 18.5 Å². The van der Waals surface area contributed by atoms with E-state index in [2.05, 4.69) is 40.4 Å². The molecule has 2 rings (SSSR count). The summed E-state index contributed by atoms with van der Waals surface area (Å²) in [6, 6.07) is 2.98. The molecule has 106 valence electrons. The quantitative estimate of drug-likeness (QED) is 0.718. The lowest BCUT2D eigenvalue weighted by atomic mass is 10.3. The number of nitrogens with one attached hydrogen (secondary N) is 2. The molecule has 0 bridgehead atoms. The van der Waals surface area contributed by atoms with Crippen LogP contribution in [-0.4, -0.2) is 42.1 Å². The van der Waals surface area contributed by atoms with Gasteiger partial charge in [-0.3, -0.25) is 9.88 Å². The molecule has 1 aliphatic carbocycles. The lowest BCUT2D eigenvalue weighted by molar-refractivity contribution is 0.289. The third-order valence-corrected chi connectivity index (χ3v) is 3.51. The number of rotatable bonds is 9. The van der Waals surface area contributed by atoms with Gasteiger partial charge in [-0.25, -0.2) is 0 Å². The predicted octanol–water partition coefficient (Wildman–Crippen LogP) is 2.80. The third kappa shape index (κ3) is 4.71. The molecule has 4 nitrogen and oxygen atoms in total.